The normalized spacial score (nSPS) is 21.7. The van der Waals surface area contributed by atoms with Gasteiger partial charge in [0.1, 0.15) is 11.6 Å². The van der Waals surface area contributed by atoms with Crippen molar-refractivity contribution < 1.29 is 55.5 Å². The van der Waals surface area contributed by atoms with Gasteiger partial charge in [-0.1, -0.05) is 12.8 Å². The van der Waals surface area contributed by atoms with Crippen LogP contribution in [0.1, 0.15) is 77.0 Å². The van der Waals surface area contributed by atoms with E-state index in [1.54, 1.807) is 0 Å². The van der Waals surface area contributed by atoms with E-state index in [0.717, 1.165) is 51.4 Å². The van der Waals surface area contributed by atoms with E-state index in [4.69, 9.17) is 10.5 Å². The Kier molecular flexibility index (Phi) is 21.6. The largest absolute Gasteiger partial charge is 2.00 e. The molecule has 0 aromatic heterocycles. The summed E-state index contributed by atoms with van der Waals surface area (Å²) in [5.41, 5.74) is 0. The van der Waals surface area contributed by atoms with Crippen LogP contribution in [-0.4, -0.2) is 11.6 Å². The molecule has 2 saturated carbocycles. The van der Waals surface area contributed by atoms with Crippen LogP contribution in [-0.2, 0) is 30.7 Å². The minimum atomic E-state index is 0. The third-order valence-corrected chi connectivity index (χ3v) is 4.57. The van der Waals surface area contributed by atoms with Crippen molar-refractivity contribution in [3.63, 3.8) is 0 Å². The third-order valence-electron chi connectivity index (χ3n) is 4.57. The second kappa shape index (κ2) is 18.4. The first-order valence-electron chi connectivity index (χ1n) is 8.48. The molecule has 2 atom stereocenters. The quantitative estimate of drug-likeness (QED) is 0.397. The zero-order chi connectivity index (χ0) is 16.2. The molecule has 0 saturated heterocycles. The van der Waals surface area contributed by atoms with Crippen LogP contribution in [0.5, 0.6) is 0 Å². The molecule has 0 bridgehead atoms. The topological polar surface area (TPSA) is 81.7 Å². The minimum Gasteiger partial charge on any atom is -1.00 e. The third kappa shape index (κ3) is 12.6. The van der Waals surface area contributed by atoms with E-state index in [1.165, 1.54) is 12.8 Å². The van der Waals surface area contributed by atoms with Gasteiger partial charge in [-0.3, -0.25) is 9.59 Å². The summed E-state index contributed by atoms with van der Waals surface area (Å²) in [6.07, 6.45) is 10.6. The van der Waals surface area contributed by atoms with Crippen molar-refractivity contribution in [1.82, 2.24) is 0 Å². The summed E-state index contributed by atoms with van der Waals surface area (Å²) in [6, 6.07) is 4.17. The Morgan fingerprint density at radius 3 is 1.40 bits per heavy atom. The smallest absolute Gasteiger partial charge is 1.00 e. The van der Waals surface area contributed by atoms with Crippen molar-refractivity contribution in [3.8, 4) is 12.1 Å². The molecule has 2 unspecified atom stereocenters. The van der Waals surface area contributed by atoms with Gasteiger partial charge in [-0.2, -0.15) is 10.5 Å². The summed E-state index contributed by atoms with van der Waals surface area (Å²) in [5.74, 6) is 1.18. The van der Waals surface area contributed by atoms with Crippen LogP contribution >= 0.6 is 0 Å². The van der Waals surface area contributed by atoms with Gasteiger partial charge in [0, 0.05) is 37.5 Å². The molecule has 0 N–H and O–H groups in total. The molecule has 0 aromatic carbocycles. The van der Waals surface area contributed by atoms with Gasteiger partial charge in [-0.15, -0.1) is 0 Å². The number of rotatable bonds is 4. The average Bonchev–Trinajstić information content (AvgIpc) is 2.54. The molecular formula is C18H26Cl2N2O2Pt. The molecule has 0 amide bonds. The Morgan fingerprint density at radius 1 is 0.760 bits per heavy atom. The number of nitrogens with zero attached hydrogens (tertiary/aromatic N) is 2. The summed E-state index contributed by atoms with van der Waals surface area (Å²) in [6.45, 7) is 0. The number of ketones is 2. The van der Waals surface area contributed by atoms with E-state index in [9.17, 15) is 9.59 Å². The molecule has 2 aliphatic rings. The van der Waals surface area contributed by atoms with Gasteiger partial charge in [0.2, 0.25) is 0 Å². The van der Waals surface area contributed by atoms with Gasteiger partial charge in [0.15, 0.2) is 0 Å². The first-order chi connectivity index (χ1) is 10.7. The van der Waals surface area contributed by atoms with E-state index < -0.39 is 0 Å². The number of carbonyl (C=O) groups is 2. The van der Waals surface area contributed by atoms with Crippen molar-refractivity contribution in [2.24, 2.45) is 11.8 Å². The monoisotopic (exact) mass is 567 g/mol. The van der Waals surface area contributed by atoms with Crippen LogP contribution in [0, 0.1) is 34.5 Å². The molecule has 144 valence electrons. The molecule has 25 heavy (non-hydrogen) atoms. The number of nitriles is 2. The number of halogens is 2. The summed E-state index contributed by atoms with van der Waals surface area (Å²) in [7, 11) is 0. The summed E-state index contributed by atoms with van der Waals surface area (Å²) in [5, 5.41) is 16.6. The van der Waals surface area contributed by atoms with E-state index >= 15 is 0 Å². The molecule has 4 nitrogen and oxygen atoms in total. The first kappa shape index (κ1) is 29.4. The molecule has 0 radical (unpaired) electrons. The summed E-state index contributed by atoms with van der Waals surface area (Å²) < 4.78 is 0. The van der Waals surface area contributed by atoms with Gasteiger partial charge >= 0.3 is 21.1 Å². The van der Waals surface area contributed by atoms with Crippen molar-refractivity contribution in [1.29, 1.82) is 10.5 Å². The Hall–Kier alpha value is -0.412. The second-order valence-electron chi connectivity index (χ2n) is 6.21. The van der Waals surface area contributed by atoms with Gasteiger partial charge in [-0.05, 0) is 38.5 Å². The fourth-order valence-corrected chi connectivity index (χ4v) is 3.20. The Labute approximate surface area is 178 Å². The number of Topliss-reactive ketones (excluding diaryl/α,β-unsaturated/α-hetero) is 2. The van der Waals surface area contributed by atoms with Gasteiger partial charge in [0.05, 0.1) is 12.1 Å². The van der Waals surface area contributed by atoms with E-state index in [2.05, 4.69) is 12.1 Å². The van der Waals surface area contributed by atoms with Crippen LogP contribution in [0.4, 0.5) is 0 Å². The van der Waals surface area contributed by atoms with E-state index in [0.29, 0.717) is 24.4 Å². The molecule has 2 fully saturated rings. The molecule has 0 aliphatic heterocycles. The minimum absolute atomic E-state index is 0. The predicted octanol–water partition coefficient (Wildman–Crippen LogP) is -1.90. The molecular weight excluding hydrogens is 542 g/mol. The molecule has 0 aromatic rings. The van der Waals surface area contributed by atoms with Crippen LogP contribution in [0.3, 0.4) is 0 Å². The SMILES string of the molecule is N#CCCC1CCCCC1=O.N#CCCC1CCCCC1=O.[Cl-].[Cl-].[Pt+2]. The molecule has 0 spiro atoms. The first-order valence-corrected chi connectivity index (χ1v) is 8.48. The Balaban J connectivity index is -0.000000346. The van der Waals surface area contributed by atoms with Gasteiger partial charge in [0.25, 0.3) is 0 Å². The van der Waals surface area contributed by atoms with Crippen molar-refractivity contribution in [2.45, 2.75) is 77.0 Å². The zero-order valence-electron chi connectivity index (χ0n) is 14.4. The van der Waals surface area contributed by atoms with Crippen LogP contribution < -0.4 is 24.8 Å². The van der Waals surface area contributed by atoms with Crippen molar-refractivity contribution in [3.05, 3.63) is 0 Å². The van der Waals surface area contributed by atoms with Crippen LogP contribution in [0.2, 0.25) is 0 Å². The summed E-state index contributed by atoms with van der Waals surface area (Å²) >= 11 is 0. The molecule has 2 rings (SSSR count). The van der Waals surface area contributed by atoms with Crippen LogP contribution in [0.25, 0.3) is 0 Å². The fourth-order valence-electron chi connectivity index (χ4n) is 3.20. The average molecular weight is 568 g/mol. The predicted molar refractivity (Wildman–Crippen MR) is 83.6 cm³/mol. The van der Waals surface area contributed by atoms with Crippen molar-refractivity contribution >= 4 is 11.6 Å². The second-order valence-corrected chi connectivity index (χ2v) is 6.21. The molecule has 7 heteroatoms. The van der Waals surface area contributed by atoms with Gasteiger partial charge < -0.3 is 24.8 Å². The maximum atomic E-state index is 11.2. The maximum absolute atomic E-state index is 11.2. The van der Waals surface area contributed by atoms with E-state index in [1.807, 2.05) is 0 Å². The summed E-state index contributed by atoms with van der Waals surface area (Å²) in [4.78, 5) is 22.4. The zero-order valence-corrected chi connectivity index (χ0v) is 18.2. The number of hydrogen-bond acceptors (Lipinski definition) is 4. The standard InChI is InChI=1S/2C9H13NO.2ClH.Pt/c2*10-7-3-5-8-4-1-2-6-9(8)11;;;/h2*8H,1-6H2;2*1H;/q;;;;+2/p-2. The fraction of sp³-hybridized carbons (Fsp3) is 0.778. The Bertz CT molecular complexity index is 419. The maximum Gasteiger partial charge on any atom is 2.00 e. The van der Waals surface area contributed by atoms with Crippen LogP contribution in [0.15, 0.2) is 0 Å². The molecule has 0 heterocycles. The Morgan fingerprint density at radius 2 is 1.12 bits per heavy atom. The number of carbonyl (C=O) groups excluding carboxylic acids is 2. The number of hydrogen-bond donors (Lipinski definition) is 0. The molecule has 2 aliphatic carbocycles. The van der Waals surface area contributed by atoms with Crippen molar-refractivity contribution in [2.75, 3.05) is 0 Å². The van der Waals surface area contributed by atoms with E-state index in [-0.39, 0.29) is 57.7 Å². The van der Waals surface area contributed by atoms with Gasteiger partial charge in [-0.25, -0.2) is 0 Å².